The number of nitrogens with one attached hydrogen (secondary N) is 2. The summed E-state index contributed by atoms with van der Waals surface area (Å²) in [6.45, 7) is 1.81. The first-order valence-corrected chi connectivity index (χ1v) is 7.96. The molecule has 7 nitrogen and oxygen atoms in total. The number of guanidine groups is 1. The molecular formula is C17H28N4O3. The third-order valence-corrected chi connectivity index (χ3v) is 3.21. The van der Waals surface area contributed by atoms with Gasteiger partial charge in [-0.3, -0.25) is 9.79 Å². The van der Waals surface area contributed by atoms with Gasteiger partial charge < -0.3 is 25.0 Å². The van der Waals surface area contributed by atoms with Crippen LogP contribution in [0.3, 0.4) is 0 Å². The molecule has 1 aromatic rings. The van der Waals surface area contributed by atoms with Gasteiger partial charge in [-0.15, -0.1) is 0 Å². The largest absolute Gasteiger partial charge is 0.493 e. The number of hydrogen-bond donors (Lipinski definition) is 2. The van der Waals surface area contributed by atoms with Crippen LogP contribution >= 0.6 is 0 Å². The van der Waals surface area contributed by atoms with Gasteiger partial charge in [0.2, 0.25) is 5.91 Å². The van der Waals surface area contributed by atoms with E-state index >= 15 is 0 Å². The summed E-state index contributed by atoms with van der Waals surface area (Å²) in [5, 5.41) is 6.30. The maximum absolute atomic E-state index is 11.6. The van der Waals surface area contributed by atoms with Crippen LogP contribution in [0.5, 0.6) is 5.75 Å². The van der Waals surface area contributed by atoms with Crippen LogP contribution in [0.25, 0.3) is 0 Å². The van der Waals surface area contributed by atoms with Crippen LogP contribution in [0.4, 0.5) is 5.69 Å². The molecule has 0 bridgehead atoms. The van der Waals surface area contributed by atoms with E-state index in [4.69, 9.17) is 9.47 Å². The average molecular weight is 336 g/mol. The summed E-state index contributed by atoms with van der Waals surface area (Å²) in [6, 6.07) is 7.66. The first-order valence-electron chi connectivity index (χ1n) is 7.96. The van der Waals surface area contributed by atoms with E-state index in [2.05, 4.69) is 15.6 Å². The lowest BCUT2D eigenvalue weighted by atomic mass is 10.3. The number of carbonyl (C=O) groups excluding carboxylic acids is 1. The van der Waals surface area contributed by atoms with Crippen molar-refractivity contribution in [2.45, 2.75) is 12.8 Å². The minimum atomic E-state index is 0.0735. The number of ether oxygens (including phenoxy) is 2. The van der Waals surface area contributed by atoms with Gasteiger partial charge in [-0.1, -0.05) is 6.07 Å². The number of benzene rings is 1. The summed E-state index contributed by atoms with van der Waals surface area (Å²) in [5.74, 6) is 1.47. The molecule has 1 aromatic carbocycles. The highest BCUT2D eigenvalue weighted by molar-refractivity contribution is 5.93. The average Bonchev–Trinajstić information content (AvgIpc) is 2.58. The summed E-state index contributed by atoms with van der Waals surface area (Å²) in [5.41, 5.74) is 0.867. The molecule has 0 saturated carbocycles. The molecule has 0 saturated heterocycles. The SMILES string of the molecule is CN=C(NCCC(=O)N(C)C)Nc1cccc(OCCCOC)c1. The lowest BCUT2D eigenvalue weighted by Crippen LogP contribution is -2.34. The Bertz CT molecular complexity index is 532. The number of amides is 1. The lowest BCUT2D eigenvalue weighted by Gasteiger charge is -2.14. The molecule has 134 valence electrons. The molecule has 2 N–H and O–H groups in total. The number of rotatable bonds is 9. The van der Waals surface area contributed by atoms with Crippen molar-refractivity contribution < 1.29 is 14.3 Å². The van der Waals surface area contributed by atoms with Crippen molar-refractivity contribution in [2.75, 3.05) is 53.3 Å². The molecule has 0 atom stereocenters. The zero-order valence-electron chi connectivity index (χ0n) is 15.0. The van der Waals surface area contributed by atoms with E-state index in [1.54, 1.807) is 33.2 Å². The van der Waals surface area contributed by atoms with E-state index in [0.717, 1.165) is 17.9 Å². The van der Waals surface area contributed by atoms with Crippen molar-refractivity contribution in [3.63, 3.8) is 0 Å². The van der Waals surface area contributed by atoms with Crippen LogP contribution < -0.4 is 15.4 Å². The molecule has 0 spiro atoms. The van der Waals surface area contributed by atoms with Crippen LogP contribution in [0.15, 0.2) is 29.3 Å². The fraction of sp³-hybridized carbons (Fsp3) is 0.529. The molecule has 7 heteroatoms. The van der Waals surface area contributed by atoms with Crippen LogP contribution in [-0.2, 0) is 9.53 Å². The first kappa shape index (κ1) is 19.8. The monoisotopic (exact) mass is 336 g/mol. The summed E-state index contributed by atoms with van der Waals surface area (Å²) < 4.78 is 10.7. The van der Waals surface area contributed by atoms with Crippen LogP contribution in [-0.4, -0.2) is 64.8 Å². The second kappa shape index (κ2) is 11.3. The number of carbonyl (C=O) groups is 1. The van der Waals surface area contributed by atoms with Gasteiger partial charge in [0.15, 0.2) is 5.96 Å². The highest BCUT2D eigenvalue weighted by Crippen LogP contribution is 2.17. The minimum Gasteiger partial charge on any atom is -0.493 e. The van der Waals surface area contributed by atoms with E-state index in [-0.39, 0.29) is 5.91 Å². The highest BCUT2D eigenvalue weighted by Gasteiger charge is 2.05. The van der Waals surface area contributed by atoms with Crippen LogP contribution in [0.2, 0.25) is 0 Å². The number of aliphatic imine (C=N–C) groups is 1. The van der Waals surface area contributed by atoms with Gasteiger partial charge in [-0.25, -0.2) is 0 Å². The van der Waals surface area contributed by atoms with Crippen molar-refractivity contribution in [1.29, 1.82) is 0 Å². The Balaban J connectivity index is 2.46. The zero-order valence-corrected chi connectivity index (χ0v) is 15.0. The molecule has 0 aliphatic rings. The molecule has 1 amide bonds. The molecule has 0 unspecified atom stereocenters. The molecular weight excluding hydrogens is 308 g/mol. The van der Waals surface area contributed by atoms with E-state index in [1.165, 1.54) is 0 Å². The maximum atomic E-state index is 11.6. The normalized spacial score (nSPS) is 11.1. The molecule has 1 rings (SSSR count). The van der Waals surface area contributed by atoms with E-state index in [1.807, 2.05) is 24.3 Å². The molecule has 0 radical (unpaired) electrons. The molecule has 0 fully saturated rings. The maximum Gasteiger partial charge on any atom is 0.223 e. The third-order valence-electron chi connectivity index (χ3n) is 3.21. The number of methoxy groups -OCH3 is 1. The van der Waals surface area contributed by atoms with Gasteiger partial charge >= 0.3 is 0 Å². The third kappa shape index (κ3) is 7.82. The molecule has 0 aromatic heterocycles. The number of hydrogen-bond acceptors (Lipinski definition) is 4. The van der Waals surface area contributed by atoms with Gasteiger partial charge in [0.25, 0.3) is 0 Å². The van der Waals surface area contributed by atoms with E-state index in [9.17, 15) is 4.79 Å². The summed E-state index contributed by atoms with van der Waals surface area (Å²) in [4.78, 5) is 17.3. The van der Waals surface area contributed by atoms with Crippen LogP contribution in [0.1, 0.15) is 12.8 Å². The van der Waals surface area contributed by atoms with Crippen molar-refractivity contribution in [2.24, 2.45) is 4.99 Å². The zero-order chi connectivity index (χ0) is 17.8. The predicted molar refractivity (Wildman–Crippen MR) is 96.7 cm³/mol. The molecule has 0 aliphatic carbocycles. The van der Waals surface area contributed by atoms with Gasteiger partial charge in [-0.05, 0) is 12.1 Å². The predicted octanol–water partition coefficient (Wildman–Crippen LogP) is 1.57. The van der Waals surface area contributed by atoms with E-state index in [0.29, 0.717) is 32.1 Å². The second-order valence-electron chi connectivity index (χ2n) is 5.38. The van der Waals surface area contributed by atoms with Gasteiger partial charge in [0.1, 0.15) is 5.75 Å². The fourth-order valence-corrected chi connectivity index (χ4v) is 1.88. The Kier molecular flexibility index (Phi) is 9.29. The standard InChI is InChI=1S/C17H28N4O3/c1-18-17(19-10-9-16(22)21(2)3)20-14-7-5-8-15(13-14)24-12-6-11-23-4/h5,7-8,13H,6,9-12H2,1-4H3,(H2,18,19,20). The Hall–Kier alpha value is -2.28. The van der Waals surface area contributed by atoms with Crippen molar-refractivity contribution in [3.05, 3.63) is 24.3 Å². The fourth-order valence-electron chi connectivity index (χ4n) is 1.88. The Labute approximate surface area is 144 Å². The van der Waals surface area contributed by atoms with Crippen molar-refractivity contribution in [1.82, 2.24) is 10.2 Å². The van der Waals surface area contributed by atoms with Gasteiger partial charge in [0.05, 0.1) is 6.61 Å². The second-order valence-corrected chi connectivity index (χ2v) is 5.38. The lowest BCUT2D eigenvalue weighted by molar-refractivity contribution is -0.128. The van der Waals surface area contributed by atoms with E-state index < -0.39 is 0 Å². The van der Waals surface area contributed by atoms with Gasteiger partial charge in [-0.2, -0.15) is 0 Å². The smallest absolute Gasteiger partial charge is 0.223 e. The molecule has 0 aliphatic heterocycles. The molecule has 0 heterocycles. The first-order chi connectivity index (χ1) is 11.6. The quantitative estimate of drug-likeness (QED) is 0.407. The Morgan fingerprint density at radius 3 is 2.75 bits per heavy atom. The van der Waals surface area contributed by atoms with Crippen molar-refractivity contribution in [3.8, 4) is 5.75 Å². The van der Waals surface area contributed by atoms with Gasteiger partial charge in [0, 0.05) is 66.0 Å². The summed E-state index contributed by atoms with van der Waals surface area (Å²) >= 11 is 0. The molecule has 24 heavy (non-hydrogen) atoms. The number of anilines is 1. The number of nitrogens with zero attached hydrogens (tertiary/aromatic N) is 2. The topological polar surface area (TPSA) is 75.2 Å². The highest BCUT2D eigenvalue weighted by atomic mass is 16.5. The Morgan fingerprint density at radius 2 is 2.08 bits per heavy atom. The van der Waals surface area contributed by atoms with Crippen LogP contribution in [0, 0.1) is 0 Å². The Morgan fingerprint density at radius 1 is 1.29 bits per heavy atom. The minimum absolute atomic E-state index is 0.0735. The van der Waals surface area contributed by atoms with Crippen molar-refractivity contribution >= 4 is 17.6 Å². The summed E-state index contributed by atoms with van der Waals surface area (Å²) in [6.07, 6.45) is 1.26. The summed E-state index contributed by atoms with van der Waals surface area (Å²) in [7, 11) is 6.85.